The summed E-state index contributed by atoms with van der Waals surface area (Å²) in [6.07, 6.45) is 3.27. The van der Waals surface area contributed by atoms with E-state index >= 15 is 0 Å². The number of pyridine rings is 2. The van der Waals surface area contributed by atoms with Crippen molar-refractivity contribution < 1.29 is 9.53 Å². The van der Waals surface area contributed by atoms with Crippen LogP contribution in [0.25, 0.3) is 0 Å². The highest BCUT2D eigenvalue weighted by Crippen LogP contribution is 2.21. The average Bonchev–Trinajstić information content (AvgIpc) is 2.38. The number of nitrogens with one attached hydrogen (secondary N) is 1. The van der Waals surface area contributed by atoms with Crippen LogP contribution >= 0.6 is 0 Å². The Labute approximate surface area is 105 Å². The molecule has 0 aromatic carbocycles. The second-order valence-electron chi connectivity index (χ2n) is 3.70. The first-order valence-corrected chi connectivity index (χ1v) is 5.47. The molecule has 2 aromatic rings. The number of amides is 1. The molecule has 0 unspecified atom stereocenters. The number of carbonyl (C=O) groups is 1. The summed E-state index contributed by atoms with van der Waals surface area (Å²) >= 11 is 0. The maximum Gasteiger partial charge on any atom is 0.269 e. The Hall–Kier alpha value is -2.43. The summed E-state index contributed by atoms with van der Waals surface area (Å²) in [4.78, 5) is 19.6. The first-order valence-electron chi connectivity index (χ1n) is 5.47. The van der Waals surface area contributed by atoms with E-state index in [1.54, 1.807) is 43.7 Å². The smallest absolute Gasteiger partial charge is 0.269 e. The van der Waals surface area contributed by atoms with Gasteiger partial charge in [0, 0.05) is 31.1 Å². The molecule has 5 heteroatoms. The minimum atomic E-state index is -0.241. The third-order valence-corrected chi connectivity index (χ3v) is 2.26. The molecule has 1 amide bonds. The monoisotopic (exact) mass is 243 g/mol. The van der Waals surface area contributed by atoms with E-state index in [1.807, 2.05) is 6.92 Å². The van der Waals surface area contributed by atoms with Gasteiger partial charge in [-0.2, -0.15) is 0 Å². The molecule has 1 N–H and O–H groups in total. The Morgan fingerprint density at radius 2 is 2.17 bits per heavy atom. The van der Waals surface area contributed by atoms with Gasteiger partial charge in [0.2, 0.25) is 0 Å². The summed E-state index contributed by atoms with van der Waals surface area (Å²) < 4.78 is 5.61. The molecule has 2 rings (SSSR count). The molecular weight excluding hydrogens is 230 g/mol. The molecule has 2 heterocycles. The maximum absolute atomic E-state index is 11.5. The van der Waals surface area contributed by atoms with Gasteiger partial charge in [-0.15, -0.1) is 0 Å². The summed E-state index contributed by atoms with van der Waals surface area (Å²) in [6.45, 7) is 1.81. The number of aromatic nitrogens is 2. The number of hydrogen-bond donors (Lipinski definition) is 1. The molecule has 2 aromatic heterocycles. The fourth-order valence-electron chi connectivity index (χ4n) is 1.48. The van der Waals surface area contributed by atoms with Crippen LogP contribution in [0.15, 0.2) is 36.7 Å². The Bertz CT molecular complexity index is 555. The first-order chi connectivity index (χ1) is 8.69. The third-order valence-electron chi connectivity index (χ3n) is 2.26. The van der Waals surface area contributed by atoms with Crippen LogP contribution in [0.5, 0.6) is 11.5 Å². The van der Waals surface area contributed by atoms with E-state index in [0.717, 1.165) is 5.69 Å². The zero-order valence-electron chi connectivity index (χ0n) is 10.2. The van der Waals surface area contributed by atoms with Gasteiger partial charge in [0.25, 0.3) is 5.91 Å². The molecule has 0 aliphatic heterocycles. The SMILES string of the molecule is CNC(=O)c1cc(Oc2cccnc2)cc(C)n1. The molecule has 0 saturated carbocycles. The second kappa shape index (κ2) is 5.27. The molecule has 92 valence electrons. The highest BCUT2D eigenvalue weighted by atomic mass is 16.5. The topological polar surface area (TPSA) is 64.1 Å². The summed E-state index contributed by atoms with van der Waals surface area (Å²) in [7, 11) is 1.56. The molecule has 0 saturated heterocycles. The molecule has 0 fully saturated rings. The number of carbonyl (C=O) groups excluding carboxylic acids is 1. The zero-order chi connectivity index (χ0) is 13.0. The molecule has 0 aliphatic rings. The third kappa shape index (κ3) is 2.82. The second-order valence-corrected chi connectivity index (χ2v) is 3.70. The summed E-state index contributed by atoms with van der Waals surface area (Å²) in [6, 6.07) is 6.93. The molecule has 5 nitrogen and oxygen atoms in total. The Kier molecular flexibility index (Phi) is 3.52. The van der Waals surface area contributed by atoms with Crippen molar-refractivity contribution in [2.24, 2.45) is 0 Å². The van der Waals surface area contributed by atoms with Gasteiger partial charge in [-0.25, -0.2) is 4.98 Å². The van der Waals surface area contributed by atoms with Crippen molar-refractivity contribution in [3.63, 3.8) is 0 Å². The van der Waals surface area contributed by atoms with Crippen molar-refractivity contribution >= 4 is 5.91 Å². The fourth-order valence-corrected chi connectivity index (χ4v) is 1.48. The number of rotatable bonds is 3. The molecule has 0 aliphatic carbocycles. The van der Waals surface area contributed by atoms with E-state index in [2.05, 4.69) is 15.3 Å². The molecule has 0 bridgehead atoms. The van der Waals surface area contributed by atoms with Crippen molar-refractivity contribution in [3.8, 4) is 11.5 Å². The Balaban J connectivity index is 2.28. The fraction of sp³-hybridized carbons (Fsp3) is 0.154. The standard InChI is InChI=1S/C13H13N3O2/c1-9-6-11(7-12(16-9)13(17)14-2)18-10-4-3-5-15-8-10/h3-8H,1-2H3,(H,14,17). The quantitative estimate of drug-likeness (QED) is 0.894. The van der Waals surface area contributed by atoms with Crippen LogP contribution < -0.4 is 10.1 Å². The normalized spacial score (nSPS) is 9.89. The van der Waals surface area contributed by atoms with Crippen LogP contribution in [-0.4, -0.2) is 22.9 Å². The summed E-state index contributed by atoms with van der Waals surface area (Å²) in [5.74, 6) is 0.940. The summed E-state index contributed by atoms with van der Waals surface area (Å²) in [5, 5.41) is 2.53. The molecule has 0 spiro atoms. The van der Waals surface area contributed by atoms with Gasteiger partial charge in [-0.1, -0.05) is 0 Å². The van der Waals surface area contributed by atoms with E-state index in [0.29, 0.717) is 17.2 Å². The predicted molar refractivity (Wildman–Crippen MR) is 66.7 cm³/mol. The highest BCUT2D eigenvalue weighted by Gasteiger charge is 2.08. The van der Waals surface area contributed by atoms with Crippen molar-refractivity contribution in [2.45, 2.75) is 6.92 Å². The minimum Gasteiger partial charge on any atom is -0.456 e. The highest BCUT2D eigenvalue weighted by molar-refractivity contribution is 5.92. The van der Waals surface area contributed by atoms with Crippen LogP contribution in [0.3, 0.4) is 0 Å². The number of hydrogen-bond acceptors (Lipinski definition) is 4. The number of nitrogens with zero attached hydrogens (tertiary/aromatic N) is 2. The number of ether oxygens (including phenoxy) is 1. The van der Waals surface area contributed by atoms with Gasteiger partial charge in [-0.05, 0) is 19.1 Å². The van der Waals surface area contributed by atoms with Crippen LogP contribution in [0.4, 0.5) is 0 Å². The Morgan fingerprint density at radius 1 is 1.33 bits per heavy atom. The minimum absolute atomic E-state index is 0.241. The van der Waals surface area contributed by atoms with E-state index in [9.17, 15) is 4.79 Å². The molecule has 0 atom stereocenters. The van der Waals surface area contributed by atoms with Crippen LogP contribution in [0.1, 0.15) is 16.2 Å². The van der Waals surface area contributed by atoms with E-state index < -0.39 is 0 Å². The average molecular weight is 243 g/mol. The van der Waals surface area contributed by atoms with Crippen molar-refractivity contribution in [1.82, 2.24) is 15.3 Å². The van der Waals surface area contributed by atoms with Crippen LogP contribution in [-0.2, 0) is 0 Å². The van der Waals surface area contributed by atoms with Gasteiger partial charge < -0.3 is 10.1 Å². The Morgan fingerprint density at radius 3 is 2.83 bits per heavy atom. The lowest BCUT2D eigenvalue weighted by atomic mass is 10.3. The van der Waals surface area contributed by atoms with Gasteiger partial charge in [-0.3, -0.25) is 9.78 Å². The van der Waals surface area contributed by atoms with Crippen molar-refractivity contribution in [2.75, 3.05) is 7.05 Å². The molecule has 0 radical (unpaired) electrons. The van der Waals surface area contributed by atoms with Gasteiger partial charge >= 0.3 is 0 Å². The zero-order valence-corrected chi connectivity index (χ0v) is 10.2. The summed E-state index contributed by atoms with van der Waals surface area (Å²) in [5.41, 5.74) is 1.05. The van der Waals surface area contributed by atoms with Gasteiger partial charge in [0.15, 0.2) is 0 Å². The predicted octanol–water partition coefficient (Wildman–Crippen LogP) is 1.94. The van der Waals surface area contributed by atoms with Gasteiger partial charge in [0.1, 0.15) is 17.2 Å². The van der Waals surface area contributed by atoms with Crippen molar-refractivity contribution in [1.29, 1.82) is 0 Å². The van der Waals surface area contributed by atoms with E-state index in [4.69, 9.17) is 4.74 Å². The maximum atomic E-state index is 11.5. The van der Waals surface area contributed by atoms with Crippen LogP contribution in [0.2, 0.25) is 0 Å². The lowest BCUT2D eigenvalue weighted by Crippen LogP contribution is -2.19. The van der Waals surface area contributed by atoms with E-state index in [-0.39, 0.29) is 5.91 Å². The van der Waals surface area contributed by atoms with Crippen molar-refractivity contribution in [3.05, 3.63) is 48.0 Å². The lowest BCUT2D eigenvalue weighted by Gasteiger charge is -2.07. The number of aryl methyl sites for hydroxylation is 1. The van der Waals surface area contributed by atoms with Gasteiger partial charge in [0.05, 0.1) is 6.20 Å². The largest absolute Gasteiger partial charge is 0.456 e. The lowest BCUT2D eigenvalue weighted by molar-refractivity contribution is 0.0957. The van der Waals surface area contributed by atoms with E-state index in [1.165, 1.54) is 0 Å². The van der Waals surface area contributed by atoms with Crippen LogP contribution in [0, 0.1) is 6.92 Å². The first kappa shape index (κ1) is 12.0. The molecule has 18 heavy (non-hydrogen) atoms. The molecular formula is C13H13N3O2.